The third kappa shape index (κ3) is 3.93. The van der Waals surface area contributed by atoms with Crippen LogP contribution in [-0.4, -0.2) is 73.6 Å². The molecule has 2 fully saturated rings. The minimum Gasteiger partial charge on any atom is -0.342 e. The monoisotopic (exact) mass is 407 g/mol. The highest BCUT2D eigenvalue weighted by Crippen LogP contribution is 2.36. The number of nitrogens with zero attached hydrogens (tertiary/aromatic N) is 3. The van der Waals surface area contributed by atoms with Crippen LogP contribution in [-0.2, 0) is 19.6 Å². The van der Waals surface area contributed by atoms with Gasteiger partial charge in [-0.1, -0.05) is 32.0 Å². The van der Waals surface area contributed by atoms with Crippen molar-refractivity contribution < 1.29 is 18.0 Å². The smallest absolute Gasteiger partial charge is 0.243 e. The molecule has 28 heavy (non-hydrogen) atoms. The molecule has 0 aliphatic carbocycles. The van der Waals surface area contributed by atoms with Crippen LogP contribution < -0.4 is 0 Å². The highest BCUT2D eigenvalue weighted by atomic mass is 32.2. The van der Waals surface area contributed by atoms with Crippen LogP contribution in [0.1, 0.15) is 27.2 Å². The zero-order chi connectivity index (χ0) is 20.5. The standard InChI is InChI=1S/C20H29N3O4S/c1-4-21-13-20(12-18(21)24)14-22(19(25)16(2)3)10-11-23(15-20)28(26,27)17-8-6-5-7-9-17/h5-9,16H,4,10-15H2,1-3H3/t20-/m1/s1. The maximum atomic E-state index is 13.2. The maximum Gasteiger partial charge on any atom is 0.243 e. The van der Waals surface area contributed by atoms with E-state index >= 15 is 0 Å². The highest BCUT2D eigenvalue weighted by Gasteiger charge is 2.48. The maximum absolute atomic E-state index is 13.2. The van der Waals surface area contributed by atoms with Gasteiger partial charge in [0.25, 0.3) is 0 Å². The average molecular weight is 408 g/mol. The summed E-state index contributed by atoms with van der Waals surface area (Å²) in [7, 11) is -3.69. The van der Waals surface area contributed by atoms with Crippen LogP contribution in [0.4, 0.5) is 0 Å². The fourth-order valence-electron chi connectivity index (χ4n) is 4.20. The second kappa shape index (κ2) is 7.83. The molecule has 2 heterocycles. The number of carbonyl (C=O) groups is 2. The van der Waals surface area contributed by atoms with Gasteiger partial charge in [-0.05, 0) is 19.1 Å². The molecule has 154 valence electrons. The van der Waals surface area contributed by atoms with Crippen molar-refractivity contribution in [3.05, 3.63) is 30.3 Å². The third-order valence-corrected chi connectivity index (χ3v) is 7.49. The van der Waals surface area contributed by atoms with Gasteiger partial charge in [0.15, 0.2) is 0 Å². The van der Waals surface area contributed by atoms with Crippen LogP contribution in [0.25, 0.3) is 0 Å². The molecule has 2 amide bonds. The molecule has 7 nitrogen and oxygen atoms in total. The molecule has 0 unspecified atom stereocenters. The fraction of sp³-hybridized carbons (Fsp3) is 0.600. The second-order valence-electron chi connectivity index (χ2n) is 8.15. The molecular formula is C20H29N3O4S. The number of benzene rings is 1. The first kappa shape index (κ1) is 20.8. The molecule has 0 bridgehead atoms. The molecule has 0 aromatic heterocycles. The van der Waals surface area contributed by atoms with E-state index < -0.39 is 15.4 Å². The predicted molar refractivity (Wildman–Crippen MR) is 106 cm³/mol. The third-order valence-electron chi connectivity index (χ3n) is 5.63. The van der Waals surface area contributed by atoms with Crippen molar-refractivity contribution >= 4 is 21.8 Å². The summed E-state index contributed by atoms with van der Waals surface area (Å²) in [4.78, 5) is 28.9. The summed E-state index contributed by atoms with van der Waals surface area (Å²) >= 11 is 0. The van der Waals surface area contributed by atoms with Crippen molar-refractivity contribution in [1.82, 2.24) is 14.1 Å². The molecule has 0 N–H and O–H groups in total. The van der Waals surface area contributed by atoms with Gasteiger partial charge in [-0.3, -0.25) is 9.59 Å². The number of likely N-dealkylation sites (tertiary alicyclic amines) is 1. The molecule has 1 atom stereocenters. The van der Waals surface area contributed by atoms with E-state index in [4.69, 9.17) is 0 Å². The Labute approximate surface area is 167 Å². The van der Waals surface area contributed by atoms with Gasteiger partial charge in [-0.15, -0.1) is 0 Å². The summed E-state index contributed by atoms with van der Waals surface area (Å²) in [6.07, 6.45) is 0.267. The Balaban J connectivity index is 1.96. The number of sulfonamides is 1. The topological polar surface area (TPSA) is 78.0 Å². The molecule has 3 rings (SSSR count). The summed E-state index contributed by atoms with van der Waals surface area (Å²) < 4.78 is 28.0. The van der Waals surface area contributed by atoms with E-state index in [-0.39, 0.29) is 42.1 Å². The lowest BCUT2D eigenvalue weighted by molar-refractivity contribution is -0.135. The van der Waals surface area contributed by atoms with E-state index in [0.717, 1.165) is 0 Å². The Hall–Kier alpha value is -1.93. The van der Waals surface area contributed by atoms with Crippen LogP contribution in [0.5, 0.6) is 0 Å². The Morgan fingerprint density at radius 1 is 1.11 bits per heavy atom. The van der Waals surface area contributed by atoms with Crippen LogP contribution in [0.3, 0.4) is 0 Å². The summed E-state index contributed by atoms with van der Waals surface area (Å²) in [5.74, 6) is -0.146. The van der Waals surface area contributed by atoms with Crippen molar-refractivity contribution in [3.63, 3.8) is 0 Å². The average Bonchev–Trinajstić information content (AvgIpc) is 2.85. The first-order valence-corrected chi connectivity index (χ1v) is 11.2. The van der Waals surface area contributed by atoms with Crippen LogP contribution in [0, 0.1) is 11.3 Å². The van der Waals surface area contributed by atoms with Crippen LogP contribution >= 0.6 is 0 Å². The van der Waals surface area contributed by atoms with E-state index in [1.54, 1.807) is 40.1 Å². The molecule has 1 spiro atoms. The quantitative estimate of drug-likeness (QED) is 0.756. The number of hydrogen-bond acceptors (Lipinski definition) is 4. The van der Waals surface area contributed by atoms with Crippen molar-refractivity contribution in [1.29, 1.82) is 0 Å². The van der Waals surface area contributed by atoms with Gasteiger partial charge >= 0.3 is 0 Å². The Kier molecular flexibility index (Phi) is 5.82. The van der Waals surface area contributed by atoms with Crippen molar-refractivity contribution in [2.75, 3.05) is 39.3 Å². The lowest BCUT2D eigenvalue weighted by atomic mass is 9.86. The SMILES string of the molecule is CCN1C[C@]2(CC1=O)CN(C(=O)C(C)C)CCN(S(=O)(=O)c1ccccc1)C2. The largest absolute Gasteiger partial charge is 0.342 e. The summed E-state index contributed by atoms with van der Waals surface area (Å²) in [5, 5.41) is 0. The molecule has 0 radical (unpaired) electrons. The van der Waals surface area contributed by atoms with Crippen LogP contribution in [0.15, 0.2) is 35.2 Å². The Morgan fingerprint density at radius 3 is 2.36 bits per heavy atom. The molecule has 2 aliphatic rings. The van der Waals surface area contributed by atoms with Gasteiger partial charge in [-0.2, -0.15) is 4.31 Å². The molecule has 1 aromatic carbocycles. The van der Waals surface area contributed by atoms with Gasteiger partial charge in [0.05, 0.1) is 4.90 Å². The highest BCUT2D eigenvalue weighted by molar-refractivity contribution is 7.89. The molecule has 8 heteroatoms. The molecular weight excluding hydrogens is 378 g/mol. The summed E-state index contributed by atoms with van der Waals surface area (Å²) in [6, 6.07) is 8.35. The summed E-state index contributed by atoms with van der Waals surface area (Å²) in [5.41, 5.74) is -0.573. The zero-order valence-corrected chi connectivity index (χ0v) is 17.6. The fourth-order valence-corrected chi connectivity index (χ4v) is 5.77. The van der Waals surface area contributed by atoms with E-state index in [2.05, 4.69) is 0 Å². The van der Waals surface area contributed by atoms with Gasteiger partial charge in [0, 0.05) is 57.0 Å². The zero-order valence-electron chi connectivity index (χ0n) is 16.8. The van der Waals surface area contributed by atoms with E-state index in [1.165, 1.54) is 4.31 Å². The lowest BCUT2D eigenvalue weighted by Crippen LogP contribution is -2.46. The lowest BCUT2D eigenvalue weighted by Gasteiger charge is -2.34. The minimum atomic E-state index is -3.69. The van der Waals surface area contributed by atoms with Gasteiger partial charge in [0.2, 0.25) is 21.8 Å². The second-order valence-corrected chi connectivity index (χ2v) is 10.1. The van der Waals surface area contributed by atoms with Crippen molar-refractivity contribution in [2.45, 2.75) is 32.1 Å². The number of rotatable bonds is 4. The first-order valence-electron chi connectivity index (χ1n) is 9.80. The predicted octanol–water partition coefficient (Wildman–Crippen LogP) is 1.41. The first-order chi connectivity index (χ1) is 13.2. The van der Waals surface area contributed by atoms with E-state index in [9.17, 15) is 18.0 Å². The van der Waals surface area contributed by atoms with Gasteiger partial charge < -0.3 is 9.80 Å². The van der Waals surface area contributed by atoms with Gasteiger partial charge in [0.1, 0.15) is 0 Å². The van der Waals surface area contributed by atoms with Gasteiger partial charge in [-0.25, -0.2) is 8.42 Å². The van der Waals surface area contributed by atoms with Crippen LogP contribution in [0.2, 0.25) is 0 Å². The van der Waals surface area contributed by atoms with Crippen molar-refractivity contribution in [2.24, 2.45) is 11.3 Å². The molecule has 0 saturated carbocycles. The molecule has 2 saturated heterocycles. The Bertz CT molecular complexity index is 840. The van der Waals surface area contributed by atoms with Crippen molar-refractivity contribution in [3.8, 4) is 0 Å². The molecule has 1 aromatic rings. The number of hydrogen-bond donors (Lipinski definition) is 0. The van der Waals surface area contributed by atoms with E-state index in [1.807, 2.05) is 20.8 Å². The number of amides is 2. The van der Waals surface area contributed by atoms with E-state index in [0.29, 0.717) is 26.2 Å². The Morgan fingerprint density at radius 2 is 1.79 bits per heavy atom. The minimum absolute atomic E-state index is 0.000677. The number of carbonyl (C=O) groups excluding carboxylic acids is 2. The normalized spacial score (nSPS) is 24.2. The molecule has 2 aliphatic heterocycles. The summed E-state index contributed by atoms with van der Waals surface area (Å²) in [6.45, 7) is 7.90.